The van der Waals surface area contributed by atoms with Crippen molar-refractivity contribution in [3.05, 3.63) is 39.2 Å². The van der Waals surface area contributed by atoms with E-state index in [9.17, 15) is 24.1 Å². The Labute approximate surface area is 123 Å². The lowest BCUT2D eigenvalue weighted by molar-refractivity contribution is -0.484. The van der Waals surface area contributed by atoms with Crippen molar-refractivity contribution >= 4 is 11.9 Å². The van der Waals surface area contributed by atoms with Crippen LogP contribution in [0.1, 0.15) is 17.0 Å². The zero-order chi connectivity index (χ0) is 16.4. The molecule has 0 aliphatic carbocycles. The molecule has 2 N–H and O–H groups in total. The molecule has 1 aliphatic rings. The van der Waals surface area contributed by atoms with Crippen molar-refractivity contribution in [3.8, 4) is 5.75 Å². The number of fused-ring (bicyclic) bond motifs is 1. The number of benzene rings is 1. The van der Waals surface area contributed by atoms with Crippen LogP contribution in [-0.2, 0) is 16.0 Å². The van der Waals surface area contributed by atoms with E-state index >= 15 is 0 Å². The molecule has 1 aliphatic heterocycles. The number of nitrogens with zero attached hydrogens (tertiary/aromatic N) is 1. The minimum absolute atomic E-state index is 0.281. The van der Waals surface area contributed by atoms with Crippen LogP contribution < -0.4 is 4.74 Å². The lowest BCUT2D eigenvalue weighted by Gasteiger charge is -2.19. The topological polar surface area (TPSA) is 127 Å². The minimum Gasteiger partial charge on any atom is -0.493 e. The Hall–Kier alpha value is -2.71. The molecule has 22 heavy (non-hydrogen) atoms. The van der Waals surface area contributed by atoms with Gasteiger partial charge in [0.05, 0.1) is 12.5 Å². The largest absolute Gasteiger partial charge is 0.493 e. The van der Waals surface area contributed by atoms with Gasteiger partial charge in [-0.05, 0) is 17.2 Å². The van der Waals surface area contributed by atoms with Crippen LogP contribution in [0.15, 0.2) is 12.1 Å². The number of carboxylic acids is 2. The number of carbonyl (C=O) groups is 2. The predicted octanol–water partition coefficient (Wildman–Crippen LogP) is 0.906. The van der Waals surface area contributed by atoms with Crippen LogP contribution >= 0.6 is 0 Å². The van der Waals surface area contributed by atoms with E-state index in [1.165, 1.54) is 6.07 Å². The molecule has 1 heterocycles. The number of hydrogen-bond acceptors (Lipinski definition) is 5. The highest BCUT2D eigenvalue weighted by molar-refractivity contribution is 5.94. The third kappa shape index (κ3) is 2.97. The Bertz CT molecular complexity index is 632. The molecule has 0 saturated carbocycles. The van der Waals surface area contributed by atoms with Crippen molar-refractivity contribution in [3.63, 3.8) is 0 Å². The zero-order valence-corrected chi connectivity index (χ0v) is 11.2. The molecule has 0 radical (unpaired) electrons. The van der Waals surface area contributed by atoms with Gasteiger partial charge in [0.2, 0.25) is 6.54 Å². The average molecular weight is 313 g/mol. The number of carboxylic acid groups (broad SMARTS) is 2. The van der Waals surface area contributed by atoms with Gasteiger partial charge in [0.1, 0.15) is 11.6 Å². The van der Waals surface area contributed by atoms with E-state index in [4.69, 9.17) is 14.9 Å². The molecule has 0 aromatic heterocycles. The Morgan fingerprint density at radius 1 is 1.36 bits per heavy atom. The van der Waals surface area contributed by atoms with Gasteiger partial charge in [-0.1, -0.05) is 0 Å². The molecule has 1 aromatic rings. The van der Waals surface area contributed by atoms with E-state index in [0.717, 1.165) is 6.07 Å². The summed E-state index contributed by atoms with van der Waals surface area (Å²) in [5.74, 6) is -7.87. The number of aliphatic carboxylic acids is 2. The minimum atomic E-state index is -2.11. The van der Waals surface area contributed by atoms with Gasteiger partial charge >= 0.3 is 11.9 Å². The Morgan fingerprint density at radius 2 is 2.00 bits per heavy atom. The number of rotatable bonds is 6. The predicted molar refractivity (Wildman–Crippen MR) is 69.0 cm³/mol. The van der Waals surface area contributed by atoms with Crippen molar-refractivity contribution in [2.75, 3.05) is 13.2 Å². The molecule has 2 rings (SSSR count). The first kappa shape index (κ1) is 15.7. The van der Waals surface area contributed by atoms with Crippen LogP contribution in [0.2, 0.25) is 0 Å². The molecule has 118 valence electrons. The van der Waals surface area contributed by atoms with Gasteiger partial charge in [0.25, 0.3) is 0 Å². The molecule has 9 heteroatoms. The molecule has 0 unspecified atom stereocenters. The molecule has 1 aromatic carbocycles. The quantitative estimate of drug-likeness (QED) is 0.454. The first-order valence-electron chi connectivity index (χ1n) is 6.33. The second-order valence-corrected chi connectivity index (χ2v) is 4.86. The maximum atomic E-state index is 14.1. The van der Waals surface area contributed by atoms with Crippen LogP contribution in [0.3, 0.4) is 0 Å². The van der Waals surface area contributed by atoms with Crippen LogP contribution in [0.25, 0.3) is 0 Å². The summed E-state index contributed by atoms with van der Waals surface area (Å²) < 4.78 is 19.3. The van der Waals surface area contributed by atoms with Crippen LogP contribution in [0.5, 0.6) is 5.75 Å². The van der Waals surface area contributed by atoms with Crippen molar-refractivity contribution in [1.82, 2.24) is 0 Å². The summed E-state index contributed by atoms with van der Waals surface area (Å²) in [6.45, 7) is -0.681. The average Bonchev–Trinajstić information content (AvgIpc) is 2.82. The lowest BCUT2D eigenvalue weighted by Crippen LogP contribution is -2.34. The highest BCUT2D eigenvalue weighted by Crippen LogP contribution is 2.34. The molecule has 0 spiro atoms. The maximum absolute atomic E-state index is 14.1. The fraction of sp³-hybridized carbons (Fsp3) is 0.385. The Morgan fingerprint density at radius 3 is 2.55 bits per heavy atom. The van der Waals surface area contributed by atoms with E-state index in [-0.39, 0.29) is 11.3 Å². The van der Waals surface area contributed by atoms with Crippen molar-refractivity contribution < 1.29 is 33.9 Å². The molecule has 8 nitrogen and oxygen atoms in total. The molecular weight excluding hydrogens is 301 g/mol. The van der Waals surface area contributed by atoms with Gasteiger partial charge in [-0.2, -0.15) is 0 Å². The SMILES string of the molecule is O=C(O)C(C(=O)O)[C@@H](C[N+](=O)[O-])c1cc2c(cc1F)OCC2. The fourth-order valence-corrected chi connectivity index (χ4v) is 2.50. The zero-order valence-electron chi connectivity index (χ0n) is 11.2. The summed E-state index contributed by atoms with van der Waals surface area (Å²) in [6.07, 6.45) is 0.443. The first-order chi connectivity index (χ1) is 10.3. The van der Waals surface area contributed by atoms with Crippen LogP contribution in [0, 0.1) is 21.8 Å². The molecule has 0 amide bonds. The van der Waals surface area contributed by atoms with E-state index in [1.54, 1.807) is 0 Å². The van der Waals surface area contributed by atoms with Gasteiger partial charge in [-0.3, -0.25) is 19.7 Å². The van der Waals surface area contributed by atoms with E-state index in [1.807, 2.05) is 0 Å². The van der Waals surface area contributed by atoms with E-state index in [0.29, 0.717) is 18.6 Å². The number of halogens is 1. The molecule has 0 bridgehead atoms. The van der Waals surface area contributed by atoms with Gasteiger partial charge in [0.15, 0.2) is 5.92 Å². The first-order valence-corrected chi connectivity index (χ1v) is 6.33. The highest BCUT2D eigenvalue weighted by Gasteiger charge is 2.41. The van der Waals surface area contributed by atoms with Crippen molar-refractivity contribution in [1.29, 1.82) is 0 Å². The number of nitro groups is 1. The molecular formula is C13H12FNO7. The van der Waals surface area contributed by atoms with Crippen LogP contribution in [0.4, 0.5) is 4.39 Å². The maximum Gasteiger partial charge on any atom is 0.318 e. The third-order valence-corrected chi connectivity index (χ3v) is 3.49. The monoisotopic (exact) mass is 313 g/mol. The summed E-state index contributed by atoms with van der Waals surface area (Å²) in [6, 6.07) is 2.26. The third-order valence-electron chi connectivity index (χ3n) is 3.49. The highest BCUT2D eigenvalue weighted by atomic mass is 19.1. The van der Waals surface area contributed by atoms with E-state index < -0.39 is 41.1 Å². The van der Waals surface area contributed by atoms with Gasteiger partial charge < -0.3 is 14.9 Å². The normalized spacial score (nSPS) is 14.3. The van der Waals surface area contributed by atoms with Crippen molar-refractivity contribution in [2.24, 2.45) is 5.92 Å². The summed E-state index contributed by atoms with van der Waals surface area (Å²) in [4.78, 5) is 32.2. The molecule has 0 saturated heterocycles. The second-order valence-electron chi connectivity index (χ2n) is 4.86. The van der Waals surface area contributed by atoms with Gasteiger partial charge in [-0.15, -0.1) is 0 Å². The summed E-state index contributed by atoms with van der Waals surface area (Å²) in [5.41, 5.74) is 0.273. The summed E-state index contributed by atoms with van der Waals surface area (Å²) in [7, 11) is 0. The molecule has 0 fully saturated rings. The summed E-state index contributed by atoms with van der Waals surface area (Å²) in [5, 5.41) is 28.8. The summed E-state index contributed by atoms with van der Waals surface area (Å²) >= 11 is 0. The van der Waals surface area contributed by atoms with Crippen LogP contribution in [-0.4, -0.2) is 40.2 Å². The fourth-order valence-electron chi connectivity index (χ4n) is 2.50. The Balaban J connectivity index is 2.52. The molecule has 1 atom stereocenters. The number of hydrogen-bond donors (Lipinski definition) is 2. The van der Waals surface area contributed by atoms with Gasteiger partial charge in [0, 0.05) is 17.4 Å². The smallest absolute Gasteiger partial charge is 0.318 e. The van der Waals surface area contributed by atoms with Crippen molar-refractivity contribution in [2.45, 2.75) is 12.3 Å². The van der Waals surface area contributed by atoms with Gasteiger partial charge in [-0.25, -0.2) is 4.39 Å². The number of ether oxygens (including phenoxy) is 1. The second kappa shape index (κ2) is 5.96. The Kier molecular flexibility index (Phi) is 4.25. The standard InChI is InChI=1S/C13H12FNO7/c14-9-4-10-6(1-2-22-10)3-7(9)8(5-15(20)21)11(12(16)17)13(18)19/h3-4,8,11H,1-2,5H2,(H,16,17)(H,18,19)/t8-/m0/s1. The lowest BCUT2D eigenvalue weighted by atomic mass is 9.84. The van der Waals surface area contributed by atoms with E-state index in [2.05, 4.69) is 0 Å².